The smallest absolute Gasteiger partial charge is 0.239 e. The minimum atomic E-state index is -0.102. The average molecular weight is 241 g/mol. The fourth-order valence-corrected chi connectivity index (χ4v) is 2.08. The van der Waals surface area contributed by atoms with E-state index in [1.54, 1.807) is 7.05 Å². The molecule has 1 aliphatic heterocycles. The molecule has 5 nitrogen and oxygen atoms in total. The van der Waals surface area contributed by atoms with Gasteiger partial charge in [0.25, 0.3) is 0 Å². The first-order chi connectivity index (χ1) is 7.91. The largest absolute Gasteiger partial charge is 0.352 e. The molecule has 2 atom stereocenters. The van der Waals surface area contributed by atoms with Gasteiger partial charge < -0.3 is 15.5 Å². The number of carbonyl (C=O) groups is 2. The Morgan fingerprint density at radius 1 is 1.41 bits per heavy atom. The molecule has 0 spiro atoms. The third kappa shape index (κ3) is 4.00. The number of nitrogens with zero attached hydrogens (tertiary/aromatic N) is 1. The SMILES string of the molecule is CC(C)NC(=O)CN(C)C(=O)[C@@H]1CNC[C@H]1C. The summed E-state index contributed by atoms with van der Waals surface area (Å²) in [6.45, 7) is 7.61. The van der Waals surface area contributed by atoms with Gasteiger partial charge in [-0.2, -0.15) is 0 Å². The molecule has 0 aromatic carbocycles. The minimum Gasteiger partial charge on any atom is -0.352 e. The van der Waals surface area contributed by atoms with Crippen molar-refractivity contribution in [1.29, 1.82) is 0 Å². The van der Waals surface area contributed by atoms with Crippen molar-refractivity contribution >= 4 is 11.8 Å². The van der Waals surface area contributed by atoms with Crippen LogP contribution in [0.15, 0.2) is 0 Å². The molecular formula is C12H23N3O2. The van der Waals surface area contributed by atoms with Crippen LogP contribution in [0.25, 0.3) is 0 Å². The number of hydrogen-bond donors (Lipinski definition) is 2. The van der Waals surface area contributed by atoms with Gasteiger partial charge >= 0.3 is 0 Å². The lowest BCUT2D eigenvalue weighted by atomic mass is 9.97. The Hall–Kier alpha value is -1.10. The lowest BCUT2D eigenvalue weighted by Gasteiger charge is -2.22. The third-order valence-corrected chi connectivity index (χ3v) is 3.04. The number of hydrogen-bond acceptors (Lipinski definition) is 3. The maximum atomic E-state index is 12.1. The second-order valence-corrected chi connectivity index (χ2v) is 5.16. The summed E-state index contributed by atoms with van der Waals surface area (Å²) < 4.78 is 0. The van der Waals surface area contributed by atoms with Crippen molar-refractivity contribution in [2.75, 3.05) is 26.7 Å². The molecule has 0 unspecified atom stereocenters. The van der Waals surface area contributed by atoms with Gasteiger partial charge in [0.15, 0.2) is 0 Å². The molecule has 98 valence electrons. The minimum absolute atomic E-state index is 0.00634. The van der Waals surface area contributed by atoms with E-state index in [9.17, 15) is 9.59 Å². The zero-order valence-electron chi connectivity index (χ0n) is 11.1. The van der Waals surface area contributed by atoms with Crippen molar-refractivity contribution < 1.29 is 9.59 Å². The molecule has 0 saturated carbocycles. The topological polar surface area (TPSA) is 61.4 Å². The first kappa shape index (κ1) is 14.0. The monoisotopic (exact) mass is 241 g/mol. The summed E-state index contributed by atoms with van der Waals surface area (Å²) in [5, 5.41) is 5.98. The van der Waals surface area contributed by atoms with E-state index in [1.807, 2.05) is 13.8 Å². The van der Waals surface area contributed by atoms with Gasteiger partial charge in [0.1, 0.15) is 0 Å². The average Bonchev–Trinajstić information content (AvgIpc) is 2.61. The maximum Gasteiger partial charge on any atom is 0.239 e. The number of carbonyl (C=O) groups excluding carboxylic acids is 2. The molecule has 1 saturated heterocycles. The van der Waals surface area contributed by atoms with Crippen molar-refractivity contribution in [2.45, 2.75) is 26.8 Å². The summed E-state index contributed by atoms with van der Waals surface area (Å²) in [6, 6.07) is 0.109. The molecule has 0 radical (unpaired) electrons. The zero-order chi connectivity index (χ0) is 13.0. The van der Waals surface area contributed by atoms with Crippen molar-refractivity contribution in [1.82, 2.24) is 15.5 Å². The molecule has 2 amide bonds. The summed E-state index contributed by atoms with van der Waals surface area (Å²) in [5.41, 5.74) is 0. The van der Waals surface area contributed by atoms with E-state index in [0.29, 0.717) is 5.92 Å². The van der Waals surface area contributed by atoms with Gasteiger partial charge in [-0.25, -0.2) is 0 Å². The highest BCUT2D eigenvalue weighted by atomic mass is 16.2. The molecule has 1 heterocycles. The number of likely N-dealkylation sites (N-methyl/N-ethyl adjacent to an activating group) is 1. The quantitative estimate of drug-likeness (QED) is 0.718. The van der Waals surface area contributed by atoms with E-state index >= 15 is 0 Å². The van der Waals surface area contributed by atoms with Gasteiger partial charge in [0.2, 0.25) is 11.8 Å². The molecule has 0 bridgehead atoms. The Kier molecular flexibility index (Phi) is 4.93. The second-order valence-electron chi connectivity index (χ2n) is 5.16. The first-order valence-corrected chi connectivity index (χ1v) is 6.17. The summed E-state index contributed by atoms with van der Waals surface area (Å²) in [6.07, 6.45) is 0. The molecule has 1 rings (SSSR count). The van der Waals surface area contributed by atoms with Crippen LogP contribution in [0.1, 0.15) is 20.8 Å². The van der Waals surface area contributed by atoms with E-state index < -0.39 is 0 Å². The van der Waals surface area contributed by atoms with Gasteiger partial charge in [-0.1, -0.05) is 6.92 Å². The summed E-state index contributed by atoms with van der Waals surface area (Å²) in [5.74, 6) is 0.306. The fourth-order valence-electron chi connectivity index (χ4n) is 2.08. The molecule has 17 heavy (non-hydrogen) atoms. The predicted octanol–water partition coefficient (Wildman–Crippen LogP) is -0.175. The van der Waals surface area contributed by atoms with Crippen LogP contribution >= 0.6 is 0 Å². The number of amides is 2. The molecule has 1 fully saturated rings. The Labute approximate surface area is 103 Å². The summed E-state index contributed by atoms with van der Waals surface area (Å²) in [7, 11) is 1.69. The summed E-state index contributed by atoms with van der Waals surface area (Å²) in [4.78, 5) is 25.1. The van der Waals surface area contributed by atoms with Crippen LogP contribution in [-0.4, -0.2) is 49.4 Å². The van der Waals surface area contributed by atoms with Crippen LogP contribution in [-0.2, 0) is 9.59 Å². The van der Waals surface area contributed by atoms with Crippen LogP contribution in [0.5, 0.6) is 0 Å². The van der Waals surface area contributed by atoms with Crippen LogP contribution in [0, 0.1) is 11.8 Å². The van der Waals surface area contributed by atoms with E-state index in [0.717, 1.165) is 13.1 Å². The van der Waals surface area contributed by atoms with Gasteiger partial charge in [0, 0.05) is 19.6 Å². The Morgan fingerprint density at radius 2 is 2.06 bits per heavy atom. The Morgan fingerprint density at radius 3 is 2.53 bits per heavy atom. The zero-order valence-corrected chi connectivity index (χ0v) is 11.1. The van der Waals surface area contributed by atoms with Crippen LogP contribution in [0.3, 0.4) is 0 Å². The first-order valence-electron chi connectivity index (χ1n) is 6.17. The van der Waals surface area contributed by atoms with Gasteiger partial charge in [-0.15, -0.1) is 0 Å². The van der Waals surface area contributed by atoms with Crippen molar-refractivity contribution in [2.24, 2.45) is 11.8 Å². The van der Waals surface area contributed by atoms with Gasteiger partial charge in [-0.05, 0) is 26.3 Å². The third-order valence-electron chi connectivity index (χ3n) is 3.04. The van der Waals surface area contributed by atoms with Crippen LogP contribution in [0.2, 0.25) is 0 Å². The molecule has 5 heteroatoms. The molecule has 1 aliphatic rings. The van der Waals surface area contributed by atoms with Gasteiger partial charge in [-0.3, -0.25) is 9.59 Å². The fraction of sp³-hybridized carbons (Fsp3) is 0.833. The highest BCUT2D eigenvalue weighted by molar-refractivity contribution is 5.86. The maximum absolute atomic E-state index is 12.1. The van der Waals surface area contributed by atoms with E-state index in [2.05, 4.69) is 17.6 Å². The normalized spacial score (nSPS) is 23.8. The molecule has 2 N–H and O–H groups in total. The van der Waals surface area contributed by atoms with Crippen molar-refractivity contribution in [3.8, 4) is 0 Å². The lowest BCUT2D eigenvalue weighted by Crippen LogP contribution is -2.44. The standard InChI is InChI=1S/C12H23N3O2/c1-8(2)14-11(16)7-15(4)12(17)10-6-13-5-9(10)3/h8-10,13H,5-7H2,1-4H3,(H,14,16)/t9-,10-/m1/s1. The molecule has 0 aromatic heterocycles. The highest BCUT2D eigenvalue weighted by Crippen LogP contribution is 2.17. The van der Waals surface area contributed by atoms with Crippen LogP contribution in [0.4, 0.5) is 0 Å². The summed E-state index contributed by atoms with van der Waals surface area (Å²) >= 11 is 0. The van der Waals surface area contributed by atoms with E-state index in [1.165, 1.54) is 4.90 Å². The second kappa shape index (κ2) is 6.00. The molecule has 0 aliphatic carbocycles. The Bertz CT molecular complexity index is 291. The highest BCUT2D eigenvalue weighted by Gasteiger charge is 2.31. The van der Waals surface area contributed by atoms with Crippen molar-refractivity contribution in [3.05, 3.63) is 0 Å². The van der Waals surface area contributed by atoms with Crippen molar-refractivity contribution in [3.63, 3.8) is 0 Å². The molecular weight excluding hydrogens is 218 g/mol. The Balaban J connectivity index is 2.44. The molecule has 0 aromatic rings. The lowest BCUT2D eigenvalue weighted by molar-refractivity contribution is -0.138. The van der Waals surface area contributed by atoms with Gasteiger partial charge in [0.05, 0.1) is 12.5 Å². The number of rotatable bonds is 4. The number of nitrogens with one attached hydrogen (secondary N) is 2. The van der Waals surface area contributed by atoms with E-state index in [-0.39, 0.29) is 30.3 Å². The van der Waals surface area contributed by atoms with Crippen LogP contribution < -0.4 is 10.6 Å². The van der Waals surface area contributed by atoms with E-state index in [4.69, 9.17) is 0 Å². The predicted molar refractivity (Wildman–Crippen MR) is 66.4 cm³/mol.